The first-order chi connectivity index (χ1) is 6.88. The minimum absolute atomic E-state index is 0.0769. The highest BCUT2D eigenvalue weighted by Gasteiger charge is 2.04. The summed E-state index contributed by atoms with van der Waals surface area (Å²) in [5, 5.41) is 20.8. The van der Waals surface area contributed by atoms with E-state index in [2.05, 4.69) is 22.4 Å². The van der Waals surface area contributed by atoms with Gasteiger partial charge in [0.05, 0.1) is 13.2 Å². The Labute approximate surface area is 87.9 Å². The molecule has 0 bridgehead atoms. The van der Waals surface area contributed by atoms with E-state index in [1.165, 1.54) is 19.3 Å². The van der Waals surface area contributed by atoms with Gasteiger partial charge in [-0.05, 0) is 16.8 Å². The standard InChI is InChI=1S/C8H16N4OS/c1-2-3-4-7-14-8-9-10-11-12(8)5-6-13/h13H,2-7H2,1H3. The van der Waals surface area contributed by atoms with E-state index < -0.39 is 0 Å². The van der Waals surface area contributed by atoms with Gasteiger partial charge in [0.25, 0.3) is 0 Å². The van der Waals surface area contributed by atoms with Crippen molar-refractivity contribution in [1.82, 2.24) is 20.2 Å². The molecular formula is C8H16N4OS. The molecule has 0 saturated heterocycles. The van der Waals surface area contributed by atoms with Gasteiger partial charge in [0.15, 0.2) is 0 Å². The molecule has 0 amide bonds. The van der Waals surface area contributed by atoms with Crippen molar-refractivity contribution in [2.24, 2.45) is 0 Å². The number of tetrazole rings is 1. The molecule has 0 aliphatic carbocycles. The first-order valence-electron chi connectivity index (χ1n) is 4.88. The zero-order chi connectivity index (χ0) is 10.2. The van der Waals surface area contributed by atoms with Crippen LogP contribution in [0.3, 0.4) is 0 Å². The number of hydrogen-bond donors (Lipinski definition) is 1. The monoisotopic (exact) mass is 216 g/mol. The Morgan fingerprint density at radius 3 is 3.00 bits per heavy atom. The molecule has 0 radical (unpaired) electrons. The van der Waals surface area contributed by atoms with Gasteiger partial charge in [0.2, 0.25) is 5.16 Å². The predicted molar refractivity (Wildman–Crippen MR) is 55.2 cm³/mol. The molecule has 0 aromatic carbocycles. The maximum Gasteiger partial charge on any atom is 0.209 e. The van der Waals surface area contributed by atoms with Gasteiger partial charge in [-0.2, -0.15) is 0 Å². The van der Waals surface area contributed by atoms with Crippen LogP contribution in [0.1, 0.15) is 26.2 Å². The fourth-order valence-electron chi connectivity index (χ4n) is 1.05. The Bertz CT molecular complexity index is 253. The lowest BCUT2D eigenvalue weighted by Gasteiger charge is -2.01. The lowest BCUT2D eigenvalue weighted by molar-refractivity contribution is 0.262. The van der Waals surface area contributed by atoms with Crippen LogP contribution in [0.25, 0.3) is 0 Å². The molecule has 0 aliphatic heterocycles. The molecule has 0 fully saturated rings. The van der Waals surface area contributed by atoms with Gasteiger partial charge >= 0.3 is 0 Å². The van der Waals surface area contributed by atoms with Gasteiger partial charge in [-0.1, -0.05) is 31.5 Å². The Morgan fingerprint density at radius 2 is 2.29 bits per heavy atom. The minimum Gasteiger partial charge on any atom is -0.394 e. The fourth-order valence-corrected chi connectivity index (χ4v) is 1.95. The molecule has 1 rings (SSSR count). The van der Waals surface area contributed by atoms with E-state index in [1.54, 1.807) is 16.4 Å². The van der Waals surface area contributed by atoms with Crippen molar-refractivity contribution in [3.63, 3.8) is 0 Å². The molecule has 1 aromatic rings. The van der Waals surface area contributed by atoms with E-state index in [4.69, 9.17) is 5.11 Å². The number of rotatable bonds is 7. The Hall–Kier alpha value is -0.620. The van der Waals surface area contributed by atoms with Crippen LogP contribution in [0, 0.1) is 0 Å². The van der Waals surface area contributed by atoms with Gasteiger partial charge in [-0.25, -0.2) is 4.68 Å². The Morgan fingerprint density at radius 1 is 1.43 bits per heavy atom. The predicted octanol–water partition coefficient (Wildman–Crippen LogP) is 0.948. The zero-order valence-corrected chi connectivity index (χ0v) is 9.20. The SMILES string of the molecule is CCCCCSc1nnnn1CCO. The van der Waals surface area contributed by atoms with Crippen molar-refractivity contribution in [2.45, 2.75) is 37.9 Å². The summed E-state index contributed by atoms with van der Waals surface area (Å²) in [6.45, 7) is 2.73. The molecule has 5 nitrogen and oxygen atoms in total. The van der Waals surface area contributed by atoms with Crippen molar-refractivity contribution in [2.75, 3.05) is 12.4 Å². The molecule has 1 aromatic heterocycles. The van der Waals surface area contributed by atoms with Crippen LogP contribution in [0.5, 0.6) is 0 Å². The van der Waals surface area contributed by atoms with Crippen LogP contribution in [-0.2, 0) is 6.54 Å². The molecule has 1 heterocycles. The number of hydrogen-bond acceptors (Lipinski definition) is 5. The fraction of sp³-hybridized carbons (Fsp3) is 0.875. The van der Waals surface area contributed by atoms with Crippen molar-refractivity contribution in [1.29, 1.82) is 0 Å². The van der Waals surface area contributed by atoms with E-state index in [0.29, 0.717) is 6.54 Å². The van der Waals surface area contributed by atoms with E-state index in [9.17, 15) is 0 Å². The van der Waals surface area contributed by atoms with Crippen molar-refractivity contribution in [3.05, 3.63) is 0 Å². The topological polar surface area (TPSA) is 63.8 Å². The largest absolute Gasteiger partial charge is 0.394 e. The number of aliphatic hydroxyl groups is 1. The van der Waals surface area contributed by atoms with Gasteiger partial charge in [-0.15, -0.1) is 5.10 Å². The normalized spacial score (nSPS) is 10.7. The highest BCUT2D eigenvalue weighted by Crippen LogP contribution is 2.15. The molecule has 80 valence electrons. The van der Waals surface area contributed by atoms with Crippen LogP contribution in [0.2, 0.25) is 0 Å². The molecule has 0 saturated carbocycles. The zero-order valence-electron chi connectivity index (χ0n) is 8.39. The minimum atomic E-state index is 0.0769. The van der Waals surface area contributed by atoms with E-state index >= 15 is 0 Å². The maximum absolute atomic E-state index is 8.75. The summed E-state index contributed by atoms with van der Waals surface area (Å²) < 4.78 is 1.64. The van der Waals surface area contributed by atoms with Crippen molar-refractivity contribution in [3.8, 4) is 0 Å². The summed E-state index contributed by atoms with van der Waals surface area (Å²) in [7, 11) is 0. The van der Waals surface area contributed by atoms with E-state index in [1.807, 2.05) is 0 Å². The van der Waals surface area contributed by atoms with Gasteiger partial charge in [0, 0.05) is 5.75 Å². The third-order valence-corrected chi connectivity index (χ3v) is 2.83. The molecule has 0 unspecified atom stereocenters. The summed E-state index contributed by atoms with van der Waals surface area (Å²) in [6, 6.07) is 0. The number of aromatic nitrogens is 4. The van der Waals surface area contributed by atoms with Crippen LogP contribution < -0.4 is 0 Å². The van der Waals surface area contributed by atoms with Crippen molar-refractivity contribution >= 4 is 11.8 Å². The molecular weight excluding hydrogens is 200 g/mol. The first kappa shape index (κ1) is 11.5. The number of thioether (sulfide) groups is 1. The summed E-state index contributed by atoms with van der Waals surface area (Å²) in [6.07, 6.45) is 3.66. The van der Waals surface area contributed by atoms with E-state index in [-0.39, 0.29) is 6.61 Å². The Balaban J connectivity index is 2.30. The smallest absolute Gasteiger partial charge is 0.209 e. The summed E-state index contributed by atoms with van der Waals surface area (Å²) in [5.74, 6) is 1.04. The molecule has 0 spiro atoms. The molecule has 0 atom stereocenters. The average Bonchev–Trinajstić information content (AvgIpc) is 2.61. The summed E-state index contributed by atoms with van der Waals surface area (Å²) >= 11 is 1.65. The second kappa shape index (κ2) is 6.78. The summed E-state index contributed by atoms with van der Waals surface area (Å²) in [4.78, 5) is 0. The lowest BCUT2D eigenvalue weighted by Crippen LogP contribution is -2.05. The average molecular weight is 216 g/mol. The second-order valence-corrected chi connectivity index (χ2v) is 4.03. The van der Waals surface area contributed by atoms with E-state index in [0.717, 1.165) is 10.9 Å². The van der Waals surface area contributed by atoms with Gasteiger partial charge in [-0.3, -0.25) is 0 Å². The lowest BCUT2D eigenvalue weighted by atomic mass is 10.3. The first-order valence-corrected chi connectivity index (χ1v) is 5.87. The molecule has 14 heavy (non-hydrogen) atoms. The number of unbranched alkanes of at least 4 members (excludes halogenated alkanes) is 2. The third-order valence-electron chi connectivity index (χ3n) is 1.79. The quantitative estimate of drug-likeness (QED) is 0.543. The van der Waals surface area contributed by atoms with Gasteiger partial charge in [0.1, 0.15) is 0 Å². The maximum atomic E-state index is 8.75. The second-order valence-electron chi connectivity index (χ2n) is 2.96. The van der Waals surface area contributed by atoms with Crippen LogP contribution in [-0.4, -0.2) is 37.7 Å². The Kier molecular flexibility index (Phi) is 5.55. The molecule has 0 aliphatic rings. The van der Waals surface area contributed by atoms with Crippen molar-refractivity contribution < 1.29 is 5.11 Å². The highest BCUT2D eigenvalue weighted by atomic mass is 32.2. The number of aliphatic hydroxyl groups excluding tert-OH is 1. The van der Waals surface area contributed by atoms with Crippen LogP contribution in [0.4, 0.5) is 0 Å². The molecule has 1 N–H and O–H groups in total. The van der Waals surface area contributed by atoms with Gasteiger partial charge < -0.3 is 5.11 Å². The third kappa shape index (κ3) is 3.63. The van der Waals surface area contributed by atoms with Crippen LogP contribution >= 0.6 is 11.8 Å². The molecule has 6 heteroatoms. The highest BCUT2D eigenvalue weighted by molar-refractivity contribution is 7.99. The van der Waals surface area contributed by atoms with Crippen LogP contribution in [0.15, 0.2) is 5.16 Å². The number of nitrogens with zero attached hydrogens (tertiary/aromatic N) is 4. The summed E-state index contributed by atoms with van der Waals surface area (Å²) in [5.41, 5.74) is 0.